The first-order valence-electron chi connectivity index (χ1n) is 10.5. The summed E-state index contributed by atoms with van der Waals surface area (Å²) in [5.74, 6) is 0.879. The van der Waals surface area contributed by atoms with E-state index in [0.717, 1.165) is 44.7 Å². The number of rotatable bonds is 10. The highest BCUT2D eigenvalue weighted by Crippen LogP contribution is 2.23. The normalized spacial score (nSPS) is 15.9. The average molecular weight is 375 g/mol. The second kappa shape index (κ2) is 12.7. The van der Waals surface area contributed by atoms with Crippen molar-refractivity contribution in [3.63, 3.8) is 0 Å². The number of benzene rings is 1. The van der Waals surface area contributed by atoms with Crippen LogP contribution in [0.5, 0.6) is 0 Å². The number of hydrogen-bond acceptors (Lipinski definition) is 3. The van der Waals surface area contributed by atoms with E-state index in [2.05, 4.69) is 53.8 Å². The van der Waals surface area contributed by atoms with E-state index in [1.807, 2.05) is 0 Å². The third kappa shape index (κ3) is 7.89. The molecule has 5 heteroatoms. The maximum atomic E-state index is 5.11. The van der Waals surface area contributed by atoms with Crippen LogP contribution in [0.4, 0.5) is 0 Å². The predicted octanol–water partition coefficient (Wildman–Crippen LogP) is 3.54. The van der Waals surface area contributed by atoms with Gasteiger partial charge >= 0.3 is 0 Å². The largest absolute Gasteiger partial charge is 0.385 e. The van der Waals surface area contributed by atoms with E-state index in [1.54, 1.807) is 7.11 Å². The van der Waals surface area contributed by atoms with Crippen LogP contribution < -0.4 is 10.6 Å². The molecule has 1 saturated carbocycles. The fourth-order valence-corrected chi connectivity index (χ4v) is 3.71. The summed E-state index contributed by atoms with van der Waals surface area (Å²) >= 11 is 0. The molecule has 0 saturated heterocycles. The van der Waals surface area contributed by atoms with E-state index in [0.29, 0.717) is 6.54 Å². The molecular formula is C22H38N4O. The molecule has 5 nitrogen and oxygen atoms in total. The van der Waals surface area contributed by atoms with Crippen molar-refractivity contribution in [3.05, 3.63) is 35.4 Å². The summed E-state index contributed by atoms with van der Waals surface area (Å²) < 4.78 is 5.11. The lowest BCUT2D eigenvalue weighted by Crippen LogP contribution is -2.38. The number of nitrogens with one attached hydrogen (secondary N) is 2. The highest BCUT2D eigenvalue weighted by Gasteiger charge is 2.18. The molecule has 2 rings (SSSR count). The van der Waals surface area contributed by atoms with E-state index >= 15 is 0 Å². The second-order valence-corrected chi connectivity index (χ2v) is 7.44. The molecule has 0 amide bonds. The lowest BCUT2D eigenvalue weighted by Gasteiger charge is -2.31. The van der Waals surface area contributed by atoms with Crippen molar-refractivity contribution in [3.8, 4) is 0 Å². The van der Waals surface area contributed by atoms with Crippen molar-refractivity contribution in [2.75, 3.05) is 33.9 Å². The topological polar surface area (TPSA) is 48.9 Å². The molecule has 1 aliphatic rings. The third-order valence-electron chi connectivity index (χ3n) is 5.31. The molecule has 1 aliphatic carbocycles. The van der Waals surface area contributed by atoms with Crippen LogP contribution in [0.15, 0.2) is 29.3 Å². The summed E-state index contributed by atoms with van der Waals surface area (Å²) in [6.45, 7) is 6.30. The molecular weight excluding hydrogens is 336 g/mol. The SMILES string of the molecule is CCNC(=NCc1ccccc1CN(C)C1CCCCC1)NCCCOC. The molecule has 0 aliphatic heterocycles. The Hall–Kier alpha value is -1.59. The minimum absolute atomic E-state index is 0.703. The molecule has 0 radical (unpaired) electrons. The van der Waals surface area contributed by atoms with Gasteiger partial charge in [0, 0.05) is 39.4 Å². The van der Waals surface area contributed by atoms with Crippen molar-refractivity contribution in [2.24, 2.45) is 4.99 Å². The summed E-state index contributed by atoms with van der Waals surface area (Å²) in [7, 11) is 4.01. The smallest absolute Gasteiger partial charge is 0.191 e. The Balaban J connectivity index is 1.95. The van der Waals surface area contributed by atoms with Crippen molar-refractivity contribution in [2.45, 2.75) is 64.6 Å². The Morgan fingerprint density at radius 1 is 1.15 bits per heavy atom. The number of nitrogens with zero attached hydrogens (tertiary/aromatic N) is 2. The zero-order valence-electron chi connectivity index (χ0n) is 17.5. The maximum Gasteiger partial charge on any atom is 0.191 e. The number of hydrogen-bond donors (Lipinski definition) is 2. The number of ether oxygens (including phenoxy) is 1. The van der Waals surface area contributed by atoms with E-state index in [9.17, 15) is 0 Å². The zero-order chi connectivity index (χ0) is 19.3. The van der Waals surface area contributed by atoms with Gasteiger partial charge in [0.05, 0.1) is 6.54 Å². The Morgan fingerprint density at radius 2 is 1.89 bits per heavy atom. The van der Waals surface area contributed by atoms with Crippen LogP contribution in [0, 0.1) is 0 Å². The van der Waals surface area contributed by atoms with Crippen molar-refractivity contribution >= 4 is 5.96 Å². The van der Waals surface area contributed by atoms with Gasteiger partial charge in [0.15, 0.2) is 5.96 Å². The van der Waals surface area contributed by atoms with E-state index in [4.69, 9.17) is 9.73 Å². The van der Waals surface area contributed by atoms with Crippen LogP contribution in [0.3, 0.4) is 0 Å². The number of methoxy groups -OCH3 is 1. The fraction of sp³-hybridized carbons (Fsp3) is 0.682. The average Bonchev–Trinajstić information content (AvgIpc) is 2.71. The summed E-state index contributed by atoms with van der Waals surface area (Å²) in [5.41, 5.74) is 2.71. The van der Waals surface area contributed by atoms with Gasteiger partial charge in [-0.1, -0.05) is 43.5 Å². The summed E-state index contributed by atoms with van der Waals surface area (Å²) in [5, 5.41) is 6.72. The Morgan fingerprint density at radius 3 is 2.59 bits per heavy atom. The van der Waals surface area contributed by atoms with Crippen molar-refractivity contribution in [1.29, 1.82) is 0 Å². The minimum atomic E-state index is 0.703. The van der Waals surface area contributed by atoms with Gasteiger partial charge in [0.25, 0.3) is 0 Å². The Kier molecular flexibility index (Phi) is 10.2. The number of guanidine groups is 1. The highest BCUT2D eigenvalue weighted by atomic mass is 16.5. The molecule has 1 fully saturated rings. The summed E-state index contributed by atoms with van der Waals surface area (Å²) in [4.78, 5) is 7.33. The van der Waals surface area contributed by atoms with E-state index in [1.165, 1.54) is 43.2 Å². The summed E-state index contributed by atoms with van der Waals surface area (Å²) in [6, 6.07) is 9.46. The molecule has 0 unspecified atom stereocenters. The van der Waals surface area contributed by atoms with Crippen LogP contribution in [0.2, 0.25) is 0 Å². The van der Waals surface area contributed by atoms with Crippen LogP contribution in [0.25, 0.3) is 0 Å². The Bertz CT molecular complexity index is 555. The molecule has 0 atom stereocenters. The first-order valence-corrected chi connectivity index (χ1v) is 10.5. The predicted molar refractivity (Wildman–Crippen MR) is 114 cm³/mol. The fourth-order valence-electron chi connectivity index (χ4n) is 3.71. The van der Waals surface area contributed by atoms with Gasteiger partial charge in [-0.25, -0.2) is 4.99 Å². The molecule has 0 spiro atoms. The van der Waals surface area contributed by atoms with Gasteiger partial charge in [0.2, 0.25) is 0 Å². The zero-order valence-corrected chi connectivity index (χ0v) is 17.5. The van der Waals surface area contributed by atoms with Gasteiger partial charge in [-0.3, -0.25) is 4.90 Å². The van der Waals surface area contributed by atoms with Crippen LogP contribution in [-0.4, -0.2) is 50.8 Å². The van der Waals surface area contributed by atoms with Gasteiger partial charge in [-0.15, -0.1) is 0 Å². The molecule has 0 aromatic heterocycles. The van der Waals surface area contributed by atoms with Gasteiger partial charge < -0.3 is 15.4 Å². The van der Waals surface area contributed by atoms with Crippen LogP contribution >= 0.6 is 0 Å². The molecule has 0 heterocycles. The van der Waals surface area contributed by atoms with E-state index in [-0.39, 0.29) is 0 Å². The number of aliphatic imine (C=N–C) groups is 1. The molecule has 152 valence electrons. The highest BCUT2D eigenvalue weighted by molar-refractivity contribution is 5.79. The summed E-state index contributed by atoms with van der Waals surface area (Å²) in [6.07, 6.45) is 7.81. The lowest BCUT2D eigenvalue weighted by molar-refractivity contribution is 0.184. The monoisotopic (exact) mass is 374 g/mol. The van der Waals surface area contributed by atoms with Gasteiger partial charge in [-0.05, 0) is 44.4 Å². The van der Waals surface area contributed by atoms with Crippen molar-refractivity contribution in [1.82, 2.24) is 15.5 Å². The van der Waals surface area contributed by atoms with Crippen molar-refractivity contribution < 1.29 is 4.74 Å². The van der Waals surface area contributed by atoms with Gasteiger partial charge in [-0.2, -0.15) is 0 Å². The Labute approximate surface area is 165 Å². The lowest BCUT2D eigenvalue weighted by atomic mass is 9.94. The van der Waals surface area contributed by atoms with Gasteiger partial charge in [0.1, 0.15) is 0 Å². The standard InChI is InChI=1S/C22H38N4O/c1-4-23-22(24-15-10-16-27-3)25-17-19-11-8-9-12-20(19)18-26(2)21-13-6-5-7-14-21/h8-9,11-12,21H,4-7,10,13-18H2,1-3H3,(H2,23,24,25). The molecule has 2 N–H and O–H groups in total. The van der Waals surface area contributed by atoms with Crippen LogP contribution in [0.1, 0.15) is 56.6 Å². The second-order valence-electron chi connectivity index (χ2n) is 7.44. The minimum Gasteiger partial charge on any atom is -0.385 e. The quantitative estimate of drug-likeness (QED) is 0.374. The molecule has 1 aromatic rings. The molecule has 0 bridgehead atoms. The molecule has 1 aromatic carbocycles. The molecule has 27 heavy (non-hydrogen) atoms. The first-order chi connectivity index (χ1) is 13.2. The van der Waals surface area contributed by atoms with Crippen LogP contribution in [-0.2, 0) is 17.8 Å². The van der Waals surface area contributed by atoms with E-state index < -0.39 is 0 Å². The first kappa shape index (κ1) is 21.7. The maximum absolute atomic E-state index is 5.11. The third-order valence-corrected chi connectivity index (χ3v) is 5.31.